The average Bonchev–Trinajstić information content (AvgIpc) is 2.69. The molecule has 0 spiro atoms. The van der Waals surface area contributed by atoms with Crippen molar-refractivity contribution < 1.29 is 4.74 Å². The van der Waals surface area contributed by atoms with Crippen LogP contribution in [0.1, 0.15) is 18.4 Å². The number of thioether (sulfide) groups is 1. The van der Waals surface area contributed by atoms with Crippen LogP contribution in [0.25, 0.3) is 0 Å². The van der Waals surface area contributed by atoms with E-state index < -0.39 is 0 Å². The van der Waals surface area contributed by atoms with Crippen LogP contribution < -0.4 is 0 Å². The predicted octanol–water partition coefficient (Wildman–Crippen LogP) is 3.74. The summed E-state index contributed by atoms with van der Waals surface area (Å²) in [6.07, 6.45) is 3.41. The molecule has 0 aliphatic carbocycles. The number of hydrogen-bond donors (Lipinski definition) is 0. The molecule has 2 unspecified atom stereocenters. The summed E-state index contributed by atoms with van der Waals surface area (Å²) in [7, 11) is 1.70. The summed E-state index contributed by atoms with van der Waals surface area (Å²) in [4.78, 5) is 1.45. The zero-order valence-electron chi connectivity index (χ0n) is 9.49. The van der Waals surface area contributed by atoms with Crippen LogP contribution >= 0.6 is 23.4 Å². The van der Waals surface area contributed by atoms with Crippen molar-refractivity contribution >= 4 is 23.4 Å². The third kappa shape index (κ3) is 3.16. The molecule has 1 aromatic rings. The molecule has 0 amide bonds. The molecule has 0 N–H and O–H groups in total. The van der Waals surface area contributed by atoms with Crippen LogP contribution in [-0.4, -0.2) is 24.3 Å². The second-order valence-corrected chi connectivity index (χ2v) is 6.14. The maximum atomic E-state index is 6.14. The van der Waals surface area contributed by atoms with Crippen molar-refractivity contribution in [3.05, 3.63) is 29.8 Å². The van der Waals surface area contributed by atoms with Gasteiger partial charge in [-0.3, -0.25) is 0 Å². The fourth-order valence-electron chi connectivity index (χ4n) is 2.05. The first-order chi connectivity index (χ1) is 7.79. The number of fused-ring (bicyclic) bond motifs is 1. The van der Waals surface area contributed by atoms with Crippen LogP contribution in [0, 0.1) is 0 Å². The molecule has 88 valence electrons. The molecule has 1 aliphatic rings. The van der Waals surface area contributed by atoms with Gasteiger partial charge in [0.05, 0.1) is 12.0 Å². The van der Waals surface area contributed by atoms with Crippen LogP contribution in [0.3, 0.4) is 0 Å². The van der Waals surface area contributed by atoms with E-state index in [-0.39, 0.29) is 5.38 Å². The van der Waals surface area contributed by atoms with Gasteiger partial charge in [-0.2, -0.15) is 0 Å². The van der Waals surface area contributed by atoms with Crippen molar-refractivity contribution in [3.63, 3.8) is 0 Å². The van der Waals surface area contributed by atoms with Crippen LogP contribution in [0.5, 0.6) is 0 Å². The number of hydrogen-bond acceptors (Lipinski definition) is 2. The summed E-state index contributed by atoms with van der Waals surface area (Å²) in [5.41, 5.74) is 1.50. The minimum Gasteiger partial charge on any atom is -0.383 e. The van der Waals surface area contributed by atoms with E-state index >= 15 is 0 Å². The van der Waals surface area contributed by atoms with Crippen LogP contribution in [0.4, 0.5) is 0 Å². The summed E-state index contributed by atoms with van der Waals surface area (Å²) in [6, 6.07) is 8.68. The average molecular weight is 257 g/mol. The molecule has 0 aromatic heterocycles. The van der Waals surface area contributed by atoms with Crippen molar-refractivity contribution in [2.75, 3.05) is 13.7 Å². The van der Waals surface area contributed by atoms with Gasteiger partial charge in [0.25, 0.3) is 0 Å². The maximum Gasteiger partial charge on any atom is 0.0626 e. The fourth-order valence-corrected chi connectivity index (χ4v) is 3.63. The highest BCUT2D eigenvalue weighted by atomic mass is 35.5. The van der Waals surface area contributed by atoms with Crippen LogP contribution in [0.2, 0.25) is 0 Å². The third-order valence-corrected chi connectivity index (χ3v) is 4.60. The summed E-state index contributed by atoms with van der Waals surface area (Å²) in [5.74, 6) is 0. The first-order valence-electron chi connectivity index (χ1n) is 5.67. The van der Waals surface area contributed by atoms with E-state index in [1.54, 1.807) is 7.11 Å². The molecule has 0 fully saturated rings. The van der Waals surface area contributed by atoms with Gasteiger partial charge in [0.1, 0.15) is 0 Å². The molecule has 16 heavy (non-hydrogen) atoms. The van der Waals surface area contributed by atoms with Crippen LogP contribution in [-0.2, 0) is 11.2 Å². The topological polar surface area (TPSA) is 9.23 Å². The number of alkyl halides is 1. The van der Waals surface area contributed by atoms with E-state index in [0.717, 1.165) is 6.42 Å². The monoisotopic (exact) mass is 256 g/mol. The summed E-state index contributed by atoms with van der Waals surface area (Å²) in [5, 5.41) is 0.866. The molecule has 1 nitrogen and oxygen atoms in total. The summed E-state index contributed by atoms with van der Waals surface area (Å²) in [6.45, 7) is 0.659. The van der Waals surface area contributed by atoms with Gasteiger partial charge in [-0.1, -0.05) is 18.2 Å². The van der Waals surface area contributed by atoms with Gasteiger partial charge in [0.15, 0.2) is 0 Å². The second-order valence-electron chi connectivity index (χ2n) is 4.18. The Morgan fingerprint density at radius 1 is 1.50 bits per heavy atom. The standard InChI is InChI=1S/C13H17ClOS/c1-15-9-11(14)6-7-12-8-10-4-2-3-5-13(10)16-12/h2-5,11-12H,6-9H2,1H3. The number of ether oxygens (including phenoxy) is 1. The quantitative estimate of drug-likeness (QED) is 0.743. The molecule has 3 heteroatoms. The lowest BCUT2D eigenvalue weighted by Crippen LogP contribution is -2.11. The Balaban J connectivity index is 1.79. The molecule has 1 aliphatic heterocycles. The number of rotatable bonds is 5. The first kappa shape index (κ1) is 12.3. The highest BCUT2D eigenvalue weighted by molar-refractivity contribution is 8.00. The number of methoxy groups -OCH3 is 1. The lowest BCUT2D eigenvalue weighted by molar-refractivity contribution is 0.195. The van der Waals surface area contributed by atoms with Gasteiger partial charge >= 0.3 is 0 Å². The number of halogens is 1. The molecule has 2 atom stereocenters. The first-order valence-corrected chi connectivity index (χ1v) is 6.98. The van der Waals surface area contributed by atoms with Crippen molar-refractivity contribution in [1.29, 1.82) is 0 Å². The van der Waals surface area contributed by atoms with E-state index in [9.17, 15) is 0 Å². The van der Waals surface area contributed by atoms with Crippen molar-refractivity contribution in [2.45, 2.75) is 34.8 Å². The van der Waals surface area contributed by atoms with E-state index in [0.29, 0.717) is 11.9 Å². The van der Waals surface area contributed by atoms with Gasteiger partial charge in [-0.25, -0.2) is 0 Å². The Kier molecular flexibility index (Phi) is 4.56. The zero-order chi connectivity index (χ0) is 11.4. The van der Waals surface area contributed by atoms with Gasteiger partial charge in [0.2, 0.25) is 0 Å². The Hall–Kier alpha value is -0.180. The van der Waals surface area contributed by atoms with Crippen molar-refractivity contribution in [1.82, 2.24) is 0 Å². The minimum absolute atomic E-state index is 0.161. The molecular weight excluding hydrogens is 240 g/mol. The van der Waals surface area contributed by atoms with Crippen molar-refractivity contribution in [3.8, 4) is 0 Å². The molecule has 0 saturated heterocycles. The number of benzene rings is 1. The Morgan fingerprint density at radius 3 is 3.06 bits per heavy atom. The summed E-state index contributed by atoms with van der Waals surface area (Å²) >= 11 is 8.13. The lowest BCUT2D eigenvalue weighted by atomic mass is 10.1. The van der Waals surface area contributed by atoms with E-state index in [2.05, 4.69) is 24.3 Å². The zero-order valence-corrected chi connectivity index (χ0v) is 11.1. The molecule has 0 radical (unpaired) electrons. The van der Waals surface area contributed by atoms with Gasteiger partial charge < -0.3 is 4.74 Å². The molecule has 1 aromatic carbocycles. The Morgan fingerprint density at radius 2 is 2.31 bits per heavy atom. The highest BCUT2D eigenvalue weighted by Crippen LogP contribution is 2.39. The predicted molar refractivity (Wildman–Crippen MR) is 70.5 cm³/mol. The Labute approximate surface area is 107 Å². The van der Waals surface area contributed by atoms with E-state index in [1.165, 1.54) is 23.3 Å². The largest absolute Gasteiger partial charge is 0.383 e. The molecule has 0 bridgehead atoms. The Bertz CT molecular complexity index is 317. The van der Waals surface area contributed by atoms with Crippen molar-refractivity contribution in [2.24, 2.45) is 0 Å². The SMILES string of the molecule is COCC(Cl)CCC1Cc2ccccc2S1. The fraction of sp³-hybridized carbons (Fsp3) is 0.538. The summed E-state index contributed by atoms with van der Waals surface area (Å²) < 4.78 is 5.04. The third-order valence-electron chi connectivity index (χ3n) is 2.86. The van der Waals surface area contributed by atoms with Gasteiger partial charge in [-0.15, -0.1) is 23.4 Å². The van der Waals surface area contributed by atoms with E-state index in [4.69, 9.17) is 16.3 Å². The maximum absolute atomic E-state index is 6.14. The van der Waals surface area contributed by atoms with Crippen LogP contribution in [0.15, 0.2) is 29.2 Å². The van der Waals surface area contributed by atoms with Gasteiger partial charge in [0, 0.05) is 17.3 Å². The normalized spacial score (nSPS) is 20.8. The molecule has 2 rings (SSSR count). The highest BCUT2D eigenvalue weighted by Gasteiger charge is 2.22. The molecule has 0 saturated carbocycles. The minimum atomic E-state index is 0.161. The lowest BCUT2D eigenvalue weighted by Gasteiger charge is -2.11. The van der Waals surface area contributed by atoms with Gasteiger partial charge in [-0.05, 0) is 30.9 Å². The second kappa shape index (κ2) is 5.95. The smallest absolute Gasteiger partial charge is 0.0626 e. The van der Waals surface area contributed by atoms with E-state index in [1.807, 2.05) is 11.8 Å². The molecule has 1 heterocycles. The molecular formula is C13H17ClOS.